The Morgan fingerprint density at radius 2 is 2.08 bits per heavy atom. The van der Waals surface area contributed by atoms with Crippen molar-refractivity contribution in [2.24, 2.45) is 0 Å². The highest BCUT2D eigenvalue weighted by molar-refractivity contribution is 7.93. The normalized spacial score (nSPS) is 16.9. The highest BCUT2D eigenvalue weighted by Gasteiger charge is 2.35. The van der Waals surface area contributed by atoms with Gasteiger partial charge in [-0.3, -0.25) is 9.62 Å². The Labute approximate surface area is 138 Å². The monoisotopic (exact) mass is 348 g/mol. The van der Waals surface area contributed by atoms with Gasteiger partial charge in [0.05, 0.1) is 41.6 Å². The molecule has 4 rings (SSSR count). The van der Waals surface area contributed by atoms with E-state index in [2.05, 4.69) is 9.82 Å². The molecule has 1 aliphatic heterocycles. The van der Waals surface area contributed by atoms with Crippen molar-refractivity contribution in [1.82, 2.24) is 14.7 Å². The number of hydrogen-bond donors (Lipinski definition) is 2. The molecule has 24 heavy (non-hydrogen) atoms. The number of rotatable bonds is 4. The van der Waals surface area contributed by atoms with Crippen molar-refractivity contribution in [1.29, 1.82) is 0 Å². The number of nitrogens with zero attached hydrogens (tertiary/aromatic N) is 3. The highest BCUT2D eigenvalue weighted by Crippen LogP contribution is 2.30. The maximum absolute atomic E-state index is 12.1. The molecule has 0 bridgehead atoms. The molecule has 1 aliphatic carbocycles. The lowest BCUT2D eigenvalue weighted by atomic mass is 10.2. The van der Waals surface area contributed by atoms with E-state index >= 15 is 0 Å². The van der Waals surface area contributed by atoms with Crippen LogP contribution in [0.15, 0.2) is 30.5 Å². The third kappa shape index (κ3) is 2.60. The quantitative estimate of drug-likeness (QED) is 0.876. The number of carboxylic acid groups (broad SMARTS) is 1. The predicted molar refractivity (Wildman–Crippen MR) is 86.4 cm³/mol. The zero-order chi connectivity index (χ0) is 16.9. The van der Waals surface area contributed by atoms with Crippen molar-refractivity contribution in [3.8, 4) is 5.69 Å². The number of aromatic nitrogens is 2. The molecule has 1 aromatic carbocycles. The minimum atomic E-state index is -3.32. The standard InChI is InChI=1S/C15H16N4O4S/c20-15(21)18-8-10-7-16-19(14(10)9-18)12-3-1-2-11(6-12)17-24(22,23)13-4-5-13/h1-3,6-7,13,17H,4-5,8-9H2,(H,20,21). The van der Waals surface area contributed by atoms with E-state index < -0.39 is 16.1 Å². The minimum absolute atomic E-state index is 0.267. The van der Waals surface area contributed by atoms with Gasteiger partial charge in [-0.25, -0.2) is 17.9 Å². The molecule has 2 aliphatic rings. The molecule has 1 aromatic heterocycles. The molecule has 0 unspecified atom stereocenters. The Bertz CT molecular complexity index is 917. The summed E-state index contributed by atoms with van der Waals surface area (Å²) >= 11 is 0. The van der Waals surface area contributed by atoms with Crippen molar-refractivity contribution in [3.05, 3.63) is 41.7 Å². The average Bonchev–Trinajstić information content (AvgIpc) is 3.19. The third-order valence-electron chi connectivity index (χ3n) is 4.24. The van der Waals surface area contributed by atoms with Gasteiger partial charge in [0, 0.05) is 5.56 Å². The Balaban J connectivity index is 1.63. The van der Waals surface area contributed by atoms with Gasteiger partial charge in [0.25, 0.3) is 0 Å². The second-order valence-electron chi connectivity index (χ2n) is 6.06. The summed E-state index contributed by atoms with van der Waals surface area (Å²) in [6, 6.07) is 6.96. The van der Waals surface area contributed by atoms with Crippen LogP contribution in [0.2, 0.25) is 0 Å². The van der Waals surface area contributed by atoms with Crippen molar-refractivity contribution in [2.75, 3.05) is 4.72 Å². The van der Waals surface area contributed by atoms with Crippen LogP contribution < -0.4 is 4.72 Å². The highest BCUT2D eigenvalue weighted by atomic mass is 32.2. The Morgan fingerprint density at radius 1 is 1.29 bits per heavy atom. The SMILES string of the molecule is O=C(O)N1Cc2cnn(-c3cccc(NS(=O)(=O)C4CC4)c3)c2C1. The molecular weight excluding hydrogens is 332 g/mol. The molecule has 126 valence electrons. The number of benzene rings is 1. The van der Waals surface area contributed by atoms with E-state index in [0.29, 0.717) is 30.8 Å². The van der Waals surface area contributed by atoms with Crippen LogP contribution >= 0.6 is 0 Å². The van der Waals surface area contributed by atoms with Crippen LogP contribution in [0, 0.1) is 0 Å². The molecule has 0 spiro atoms. The van der Waals surface area contributed by atoms with E-state index in [1.165, 1.54) is 4.90 Å². The zero-order valence-corrected chi connectivity index (χ0v) is 13.5. The van der Waals surface area contributed by atoms with Gasteiger partial charge in [0.1, 0.15) is 0 Å². The number of nitrogens with one attached hydrogen (secondary N) is 1. The van der Waals surface area contributed by atoms with Gasteiger partial charge in [-0.2, -0.15) is 5.10 Å². The first-order valence-corrected chi connectivity index (χ1v) is 9.14. The van der Waals surface area contributed by atoms with Crippen LogP contribution in [-0.2, 0) is 23.1 Å². The molecule has 0 saturated heterocycles. The summed E-state index contributed by atoms with van der Waals surface area (Å²) in [6.07, 6.45) is 2.09. The molecule has 2 aromatic rings. The van der Waals surface area contributed by atoms with E-state index in [-0.39, 0.29) is 11.8 Å². The summed E-state index contributed by atoms with van der Waals surface area (Å²) in [5, 5.41) is 13.1. The number of sulfonamides is 1. The summed E-state index contributed by atoms with van der Waals surface area (Å²) in [6.45, 7) is 0.585. The second-order valence-corrected chi connectivity index (χ2v) is 8.02. The van der Waals surface area contributed by atoms with E-state index in [4.69, 9.17) is 5.11 Å². The van der Waals surface area contributed by atoms with Crippen molar-refractivity contribution in [2.45, 2.75) is 31.2 Å². The maximum atomic E-state index is 12.1. The first-order valence-electron chi connectivity index (χ1n) is 7.60. The minimum Gasteiger partial charge on any atom is -0.465 e. The van der Waals surface area contributed by atoms with E-state index in [9.17, 15) is 13.2 Å². The fraction of sp³-hybridized carbons (Fsp3) is 0.333. The lowest BCUT2D eigenvalue weighted by molar-refractivity contribution is 0.144. The van der Waals surface area contributed by atoms with Crippen LogP contribution in [0.25, 0.3) is 5.69 Å². The van der Waals surface area contributed by atoms with Gasteiger partial charge in [0.2, 0.25) is 10.0 Å². The van der Waals surface area contributed by atoms with Crippen molar-refractivity contribution in [3.63, 3.8) is 0 Å². The van der Waals surface area contributed by atoms with Crippen LogP contribution in [0.4, 0.5) is 10.5 Å². The van der Waals surface area contributed by atoms with E-state index in [1.54, 1.807) is 29.1 Å². The van der Waals surface area contributed by atoms with E-state index in [0.717, 1.165) is 11.3 Å². The lowest BCUT2D eigenvalue weighted by Crippen LogP contribution is -2.23. The summed E-state index contributed by atoms with van der Waals surface area (Å²) in [5.41, 5.74) is 2.84. The summed E-state index contributed by atoms with van der Waals surface area (Å²) < 4.78 is 28.4. The van der Waals surface area contributed by atoms with Crippen LogP contribution in [0.1, 0.15) is 24.1 Å². The number of anilines is 1. The molecular formula is C15H16N4O4S. The van der Waals surface area contributed by atoms with Crippen molar-refractivity contribution >= 4 is 21.8 Å². The fourth-order valence-corrected chi connectivity index (χ4v) is 4.21. The molecule has 1 amide bonds. The van der Waals surface area contributed by atoms with Gasteiger partial charge < -0.3 is 5.11 Å². The average molecular weight is 348 g/mol. The third-order valence-corrected chi connectivity index (χ3v) is 6.11. The van der Waals surface area contributed by atoms with Gasteiger partial charge in [-0.05, 0) is 31.0 Å². The Kier molecular flexibility index (Phi) is 3.27. The number of amides is 1. The molecule has 1 fully saturated rings. The fourth-order valence-electron chi connectivity index (χ4n) is 2.84. The van der Waals surface area contributed by atoms with Gasteiger partial charge in [0.15, 0.2) is 0 Å². The van der Waals surface area contributed by atoms with E-state index in [1.807, 2.05) is 6.07 Å². The number of hydrogen-bond acceptors (Lipinski definition) is 4. The number of carbonyl (C=O) groups is 1. The van der Waals surface area contributed by atoms with Crippen LogP contribution in [-0.4, -0.2) is 39.5 Å². The largest absolute Gasteiger partial charge is 0.465 e. The Morgan fingerprint density at radius 3 is 2.79 bits per heavy atom. The maximum Gasteiger partial charge on any atom is 0.407 e. The second kappa shape index (κ2) is 5.23. The van der Waals surface area contributed by atoms with Gasteiger partial charge in [-0.1, -0.05) is 6.07 Å². The zero-order valence-electron chi connectivity index (χ0n) is 12.7. The number of fused-ring (bicyclic) bond motifs is 1. The van der Waals surface area contributed by atoms with Gasteiger partial charge in [-0.15, -0.1) is 0 Å². The molecule has 2 N–H and O–H groups in total. The smallest absolute Gasteiger partial charge is 0.407 e. The van der Waals surface area contributed by atoms with Gasteiger partial charge >= 0.3 is 6.09 Å². The van der Waals surface area contributed by atoms with Crippen LogP contribution in [0.3, 0.4) is 0 Å². The summed E-state index contributed by atoms with van der Waals surface area (Å²) in [5.74, 6) is 0. The summed E-state index contributed by atoms with van der Waals surface area (Å²) in [7, 11) is -3.32. The lowest BCUT2D eigenvalue weighted by Gasteiger charge is -2.12. The molecule has 0 atom stereocenters. The molecule has 2 heterocycles. The van der Waals surface area contributed by atoms with Crippen LogP contribution in [0.5, 0.6) is 0 Å². The first kappa shape index (κ1) is 15.0. The molecule has 0 radical (unpaired) electrons. The predicted octanol–water partition coefficient (Wildman–Crippen LogP) is 1.77. The van der Waals surface area contributed by atoms with Crippen molar-refractivity contribution < 1.29 is 18.3 Å². The topological polar surface area (TPSA) is 105 Å². The molecule has 8 nitrogen and oxygen atoms in total. The molecule has 9 heteroatoms. The first-order chi connectivity index (χ1) is 11.4. The Hall–Kier alpha value is -2.55. The molecule has 1 saturated carbocycles. The summed E-state index contributed by atoms with van der Waals surface area (Å²) in [4.78, 5) is 12.4.